The summed E-state index contributed by atoms with van der Waals surface area (Å²) in [6.07, 6.45) is -8.40. The number of H-pyrrole nitrogens is 2. The lowest BCUT2D eigenvalue weighted by Crippen LogP contribution is -2.36. The molecule has 0 radical (unpaired) electrons. The van der Waals surface area contributed by atoms with Gasteiger partial charge in [0.05, 0.1) is 19.5 Å². The number of nitrogens with two attached hydrogens (primary N) is 2. The first-order valence-electron chi connectivity index (χ1n) is 12.7. The summed E-state index contributed by atoms with van der Waals surface area (Å²) >= 11 is 0. The molecule has 0 bridgehead atoms. The van der Waals surface area contributed by atoms with E-state index in [0.717, 1.165) is 10.9 Å². The zero-order valence-corrected chi connectivity index (χ0v) is 24.0. The molecule has 6 heterocycles. The van der Waals surface area contributed by atoms with Crippen molar-refractivity contribution < 1.29 is 52.8 Å². The Balaban J connectivity index is 1.26. The smallest absolute Gasteiger partial charge is 0.338 e. The zero-order valence-electron chi connectivity index (χ0n) is 22.1. The third-order valence-corrected chi connectivity index (χ3v) is 9.52. The molecule has 24 heteroatoms. The van der Waals surface area contributed by atoms with Crippen LogP contribution in [0.3, 0.4) is 0 Å². The third-order valence-electron chi connectivity index (χ3n) is 7.27. The van der Waals surface area contributed by atoms with Crippen molar-refractivity contribution in [2.24, 2.45) is 0 Å². The van der Waals surface area contributed by atoms with Gasteiger partial charge in [0, 0.05) is 0 Å². The van der Waals surface area contributed by atoms with Crippen LogP contribution in [-0.2, 0) is 27.7 Å². The molecule has 2 unspecified atom stereocenters. The van der Waals surface area contributed by atoms with E-state index in [2.05, 4.69) is 39.6 Å². The molecule has 0 saturated carbocycles. The second-order valence-corrected chi connectivity index (χ2v) is 12.7. The molecular weight excluding hydrogens is 634 g/mol. The highest BCUT2D eigenvalue weighted by molar-refractivity contribution is 7.53. The van der Waals surface area contributed by atoms with Crippen LogP contribution in [0.5, 0.6) is 0 Å². The largest absolute Gasteiger partial charge is 0.389 e. The number of nitrogen functional groups attached to an aromatic ring is 2. The second kappa shape index (κ2) is 11.5. The number of aromatic nitrogens is 8. The van der Waals surface area contributed by atoms with Crippen molar-refractivity contribution in [2.75, 3.05) is 24.7 Å². The Labute approximate surface area is 244 Å². The maximum Gasteiger partial charge on any atom is 0.338 e. The highest BCUT2D eigenvalue weighted by atomic mass is 31.2. The Morgan fingerprint density at radius 3 is 2.57 bits per heavy atom. The minimum absolute atomic E-state index is 0.0816. The Morgan fingerprint density at radius 2 is 1.82 bits per heavy atom. The monoisotopic (exact) mass is 660 g/mol. The maximum absolute atomic E-state index is 13.7. The number of nitrogens with zero attached hydrogens (tertiary/aromatic N) is 6. The predicted octanol–water partition coefficient (Wildman–Crippen LogP) is -2.96. The van der Waals surface area contributed by atoms with E-state index in [0.29, 0.717) is 0 Å². The minimum Gasteiger partial charge on any atom is -0.389 e. The van der Waals surface area contributed by atoms with Crippen LogP contribution in [0.25, 0.3) is 22.2 Å². The zero-order chi connectivity index (χ0) is 31.5. The van der Waals surface area contributed by atoms with Crippen LogP contribution in [0.4, 0.5) is 11.8 Å². The van der Waals surface area contributed by atoms with Crippen molar-refractivity contribution in [3.05, 3.63) is 28.7 Å². The van der Waals surface area contributed by atoms with Crippen LogP contribution in [0.1, 0.15) is 18.0 Å². The number of rotatable bonds is 9. The topological polar surface area (TPSA) is 342 Å². The molecular formula is C20H26N10O12P2. The normalized spacial score (nSPS) is 31.1. The van der Waals surface area contributed by atoms with E-state index in [-0.39, 0.29) is 39.7 Å². The number of hydrogen-bond acceptors (Lipinski definition) is 17. The van der Waals surface area contributed by atoms with Gasteiger partial charge in [-0.1, -0.05) is 0 Å². The number of aromatic amines is 2. The second-order valence-electron chi connectivity index (χ2n) is 9.93. The van der Waals surface area contributed by atoms with Crippen molar-refractivity contribution in [3.63, 3.8) is 0 Å². The highest BCUT2D eigenvalue weighted by Gasteiger charge is 2.56. The molecule has 0 amide bonds. The number of imidazole rings is 1. The van der Waals surface area contributed by atoms with E-state index in [1.165, 1.54) is 6.33 Å². The molecule has 11 N–H and O–H groups in total. The Kier molecular flexibility index (Phi) is 8.01. The van der Waals surface area contributed by atoms with Gasteiger partial charge in [0.15, 0.2) is 23.2 Å². The fourth-order valence-corrected chi connectivity index (χ4v) is 7.14. The van der Waals surface area contributed by atoms with Gasteiger partial charge in [0.25, 0.3) is 5.56 Å². The lowest BCUT2D eigenvalue weighted by Gasteiger charge is -2.27. The molecule has 0 aliphatic carbocycles. The highest BCUT2D eigenvalue weighted by Crippen LogP contribution is 2.57. The van der Waals surface area contributed by atoms with Crippen molar-refractivity contribution in [1.29, 1.82) is 0 Å². The molecule has 0 aromatic carbocycles. The first kappa shape index (κ1) is 30.6. The fraction of sp³-hybridized carbons (Fsp3) is 0.500. The Hall–Kier alpha value is -3.40. The lowest BCUT2D eigenvalue weighted by atomic mass is 10.1. The van der Waals surface area contributed by atoms with Crippen LogP contribution in [0, 0.1) is 0 Å². The first-order valence-corrected chi connectivity index (χ1v) is 15.6. The predicted molar refractivity (Wildman–Crippen MR) is 145 cm³/mol. The van der Waals surface area contributed by atoms with Gasteiger partial charge in [-0.3, -0.25) is 28.6 Å². The maximum atomic E-state index is 13.7. The van der Waals surface area contributed by atoms with E-state index >= 15 is 0 Å². The van der Waals surface area contributed by atoms with Crippen LogP contribution in [-0.4, -0.2) is 114 Å². The van der Waals surface area contributed by atoms with Crippen LogP contribution in [0.2, 0.25) is 0 Å². The van der Waals surface area contributed by atoms with Crippen molar-refractivity contribution in [2.45, 2.75) is 48.5 Å². The van der Waals surface area contributed by atoms with E-state index in [1.54, 1.807) is 0 Å². The molecule has 2 aliphatic rings. The molecule has 4 aromatic rings. The van der Waals surface area contributed by atoms with Gasteiger partial charge >= 0.3 is 15.9 Å². The fourth-order valence-electron chi connectivity index (χ4n) is 5.18. The number of aliphatic hydroxyl groups is 3. The summed E-state index contributed by atoms with van der Waals surface area (Å²) in [5.74, 6) is -0.223. The molecule has 238 valence electrons. The number of fused-ring (bicyclic) bond motifs is 2. The number of aliphatic hydroxyl groups excluding tert-OH is 3. The number of nitrogens with one attached hydrogen (secondary N) is 2. The summed E-state index contributed by atoms with van der Waals surface area (Å²) in [5, 5.41) is 39.1. The third kappa shape index (κ3) is 5.29. The molecule has 22 nitrogen and oxygen atoms in total. The Bertz CT molecular complexity index is 1830. The Morgan fingerprint density at radius 1 is 1.07 bits per heavy atom. The molecule has 0 spiro atoms. The summed E-state index contributed by atoms with van der Waals surface area (Å²) in [6.45, 7) is -1.42. The number of ether oxygens (including phenoxy) is 2. The van der Waals surface area contributed by atoms with Gasteiger partial charge < -0.3 is 55.1 Å². The van der Waals surface area contributed by atoms with Gasteiger partial charge in [0.1, 0.15) is 65.3 Å². The molecule has 2 aliphatic heterocycles. The minimum atomic E-state index is -4.99. The summed E-state index contributed by atoms with van der Waals surface area (Å²) in [6, 6.07) is 0. The lowest BCUT2D eigenvalue weighted by molar-refractivity contribution is -0.0388. The molecule has 2 fully saturated rings. The average Bonchev–Trinajstić information content (AvgIpc) is 3.72. The van der Waals surface area contributed by atoms with Gasteiger partial charge in [-0.25, -0.2) is 15.0 Å². The van der Waals surface area contributed by atoms with E-state index in [4.69, 9.17) is 30.4 Å². The van der Waals surface area contributed by atoms with Gasteiger partial charge in [-0.05, 0) is 0 Å². The van der Waals surface area contributed by atoms with Crippen molar-refractivity contribution >= 4 is 49.8 Å². The van der Waals surface area contributed by atoms with Crippen molar-refractivity contribution in [1.82, 2.24) is 39.7 Å². The molecule has 6 rings (SSSR count). The van der Waals surface area contributed by atoms with Gasteiger partial charge in [0.2, 0.25) is 5.95 Å². The summed E-state index contributed by atoms with van der Waals surface area (Å²) < 4.78 is 47.4. The van der Waals surface area contributed by atoms with Crippen LogP contribution >= 0.6 is 15.9 Å². The summed E-state index contributed by atoms with van der Waals surface area (Å²) in [5.41, 5.74) is 9.13. The summed E-state index contributed by atoms with van der Waals surface area (Å²) in [7, 11) is -8.46. The number of anilines is 2. The number of hydrogen-bond donors (Lipinski definition) is 9. The average molecular weight is 660 g/mol. The molecule has 2 saturated heterocycles. The van der Waals surface area contributed by atoms with Crippen LogP contribution < -0.4 is 17.0 Å². The molecule has 4 aromatic heterocycles. The molecule has 44 heavy (non-hydrogen) atoms. The van der Waals surface area contributed by atoms with Gasteiger partial charge in [-0.2, -0.15) is 10.1 Å². The van der Waals surface area contributed by atoms with E-state index < -0.39 is 83.1 Å². The van der Waals surface area contributed by atoms with Crippen molar-refractivity contribution in [3.8, 4) is 0 Å². The standard InChI is InChI=1S/C20H26N10O12P2/c21-16-9-7(23-3-24-16)8(28-29-9)14-13(33)11(31)6(41-14)2-40-44(37,38)15-12(32)5(1-39-43(35)36)42-19(15)30-4-25-10-17(30)26-20(22)27-18(10)34/h3-6,11-15,19,31-33,43H,1-2H2,(H,28,29)(H,35,36)(H,37,38)(H2,21,23,24)(H3,22,26,27,34)/t5-,6-,11-,12-,13-,14+,15-,19-/m1/s1. The van der Waals surface area contributed by atoms with E-state index in [1.807, 2.05) is 0 Å². The SMILES string of the molecule is Nc1nc2c(ncn2[C@@H]2O[C@H](CO[PH](=O)O)[C@@H](O)[C@H]2P(=O)(O)OC[C@H]2O[C@@H](c3n[nH]c4c(N)ncnc34)[C@H](O)[C@@H]2O)c(=O)[nH]1. The van der Waals surface area contributed by atoms with Crippen LogP contribution in [0.15, 0.2) is 17.4 Å². The summed E-state index contributed by atoms with van der Waals surface area (Å²) in [4.78, 5) is 50.6. The van der Waals surface area contributed by atoms with Gasteiger partial charge in [-0.15, -0.1) is 0 Å². The first-order chi connectivity index (χ1) is 20.9. The quantitative estimate of drug-likeness (QED) is 0.0809. The molecule has 10 atom stereocenters. The van der Waals surface area contributed by atoms with E-state index in [9.17, 15) is 34.1 Å².